The predicted molar refractivity (Wildman–Crippen MR) is 92.6 cm³/mol. The number of ether oxygens (including phenoxy) is 2. The fourth-order valence-electron chi connectivity index (χ4n) is 2.40. The van der Waals surface area contributed by atoms with Gasteiger partial charge >= 0.3 is 5.97 Å². The molecule has 0 amide bonds. The van der Waals surface area contributed by atoms with Crippen LogP contribution in [0.25, 0.3) is 16.7 Å². The van der Waals surface area contributed by atoms with Gasteiger partial charge in [-0.2, -0.15) is 4.98 Å². The Balaban J connectivity index is 2.27. The van der Waals surface area contributed by atoms with Crippen LogP contribution in [0.5, 0.6) is 11.6 Å². The molecule has 0 aliphatic rings. The van der Waals surface area contributed by atoms with Crippen molar-refractivity contribution in [2.24, 2.45) is 0 Å². The quantitative estimate of drug-likeness (QED) is 0.688. The second-order valence-corrected chi connectivity index (χ2v) is 5.40. The van der Waals surface area contributed by atoms with E-state index in [0.29, 0.717) is 11.3 Å². The summed E-state index contributed by atoms with van der Waals surface area (Å²) >= 11 is 5.25. The number of H-pyrrole nitrogens is 1. The number of rotatable bonds is 4. The van der Waals surface area contributed by atoms with E-state index in [1.54, 1.807) is 12.1 Å². The van der Waals surface area contributed by atoms with Crippen LogP contribution in [0.15, 0.2) is 35.1 Å². The monoisotopic (exact) mass is 359 g/mol. The van der Waals surface area contributed by atoms with Gasteiger partial charge in [0.25, 0.3) is 11.4 Å². The lowest BCUT2D eigenvalue weighted by molar-refractivity contribution is 0.0697. The number of hydrogen-bond acceptors (Lipinski definition) is 6. The highest BCUT2D eigenvalue weighted by Gasteiger charge is 2.13. The molecular weight excluding hydrogens is 346 g/mol. The third-order valence-electron chi connectivity index (χ3n) is 3.60. The zero-order valence-corrected chi connectivity index (χ0v) is 14.1. The van der Waals surface area contributed by atoms with E-state index in [1.807, 2.05) is 0 Å². The molecule has 0 aliphatic heterocycles. The van der Waals surface area contributed by atoms with E-state index in [0.717, 1.165) is 0 Å². The van der Waals surface area contributed by atoms with Gasteiger partial charge in [0, 0.05) is 0 Å². The van der Waals surface area contributed by atoms with Crippen LogP contribution in [0.1, 0.15) is 10.4 Å². The molecule has 0 fully saturated rings. The molecule has 0 saturated heterocycles. The zero-order chi connectivity index (χ0) is 18.1. The van der Waals surface area contributed by atoms with Crippen LogP contribution < -0.4 is 15.0 Å². The second-order valence-electron chi connectivity index (χ2n) is 5.02. The normalized spacial score (nSPS) is 10.6. The molecular formula is C16H13N3O5S. The lowest BCUT2D eigenvalue weighted by Crippen LogP contribution is -2.21. The van der Waals surface area contributed by atoms with E-state index >= 15 is 0 Å². The summed E-state index contributed by atoms with van der Waals surface area (Å²) in [6.45, 7) is 0. The van der Waals surface area contributed by atoms with E-state index in [-0.39, 0.29) is 27.4 Å². The number of carboxylic acid groups (broad SMARTS) is 1. The van der Waals surface area contributed by atoms with E-state index in [4.69, 9.17) is 26.8 Å². The largest absolute Gasteiger partial charge is 0.491 e. The molecule has 2 aromatic heterocycles. The van der Waals surface area contributed by atoms with Crippen molar-refractivity contribution in [3.8, 4) is 17.4 Å². The van der Waals surface area contributed by atoms with Crippen molar-refractivity contribution >= 4 is 29.1 Å². The molecule has 25 heavy (non-hydrogen) atoms. The molecule has 0 spiro atoms. The third kappa shape index (κ3) is 2.85. The number of aromatic nitrogens is 3. The number of benzene rings is 1. The topological polar surface area (TPSA) is 106 Å². The number of fused-ring (bicyclic) bond motifs is 1. The summed E-state index contributed by atoms with van der Waals surface area (Å²) in [5, 5.41) is 9.35. The van der Waals surface area contributed by atoms with Crippen molar-refractivity contribution in [3.63, 3.8) is 0 Å². The van der Waals surface area contributed by atoms with Crippen LogP contribution in [0.4, 0.5) is 0 Å². The van der Waals surface area contributed by atoms with Crippen molar-refractivity contribution in [3.05, 3.63) is 51.0 Å². The summed E-state index contributed by atoms with van der Waals surface area (Å²) in [4.78, 5) is 31.0. The Morgan fingerprint density at radius 1 is 1.24 bits per heavy atom. The first-order valence-electron chi connectivity index (χ1n) is 7.08. The Bertz CT molecular complexity index is 1100. The molecule has 0 bridgehead atoms. The standard InChI is InChI=1S/C16H13N3O5S/c1-23-11-5-6-12(18-13(11)24-2)19-14(20)9-4-3-8(15(21)22)7-10(9)17-16(19)25/h3-7H,1-2H3,(H,17,25)(H,21,22). The summed E-state index contributed by atoms with van der Waals surface area (Å²) in [6.07, 6.45) is 0. The van der Waals surface area contributed by atoms with Gasteiger partial charge in [-0.3, -0.25) is 4.79 Å². The van der Waals surface area contributed by atoms with Gasteiger partial charge in [0.1, 0.15) is 5.82 Å². The van der Waals surface area contributed by atoms with Gasteiger partial charge in [-0.25, -0.2) is 9.36 Å². The van der Waals surface area contributed by atoms with Crippen LogP contribution in [-0.4, -0.2) is 39.8 Å². The van der Waals surface area contributed by atoms with Crippen LogP contribution in [-0.2, 0) is 0 Å². The van der Waals surface area contributed by atoms with E-state index in [9.17, 15) is 9.59 Å². The van der Waals surface area contributed by atoms with Crippen molar-refractivity contribution in [1.29, 1.82) is 0 Å². The van der Waals surface area contributed by atoms with Crippen molar-refractivity contribution in [2.45, 2.75) is 0 Å². The number of nitrogens with one attached hydrogen (secondary N) is 1. The minimum Gasteiger partial charge on any atom is -0.491 e. The maximum atomic E-state index is 12.8. The number of aromatic amines is 1. The Labute approximate surface area is 146 Å². The Morgan fingerprint density at radius 2 is 2.00 bits per heavy atom. The van der Waals surface area contributed by atoms with Crippen LogP contribution in [0, 0.1) is 4.77 Å². The molecule has 0 saturated carbocycles. The number of methoxy groups -OCH3 is 2. The summed E-state index contributed by atoms with van der Waals surface area (Å²) in [7, 11) is 2.92. The number of carbonyl (C=O) groups is 1. The first kappa shape index (κ1) is 16.7. The summed E-state index contributed by atoms with van der Waals surface area (Å²) in [6, 6.07) is 7.34. The smallest absolute Gasteiger partial charge is 0.335 e. The maximum absolute atomic E-state index is 12.8. The van der Waals surface area contributed by atoms with Crippen molar-refractivity contribution < 1.29 is 19.4 Å². The molecule has 3 rings (SSSR count). The fourth-order valence-corrected chi connectivity index (χ4v) is 2.69. The minimum absolute atomic E-state index is 0.0551. The fraction of sp³-hybridized carbons (Fsp3) is 0.125. The van der Waals surface area contributed by atoms with Crippen LogP contribution >= 0.6 is 12.2 Å². The van der Waals surface area contributed by atoms with Gasteiger partial charge in [-0.1, -0.05) is 0 Å². The highest BCUT2D eigenvalue weighted by molar-refractivity contribution is 7.71. The van der Waals surface area contributed by atoms with Crippen molar-refractivity contribution in [1.82, 2.24) is 14.5 Å². The SMILES string of the molecule is COc1ccc(-n2c(=S)[nH]c3cc(C(=O)O)ccc3c2=O)nc1OC. The first-order chi connectivity index (χ1) is 12.0. The number of aromatic carboxylic acids is 1. The molecule has 3 aromatic rings. The van der Waals surface area contributed by atoms with Gasteiger partial charge in [-0.15, -0.1) is 0 Å². The van der Waals surface area contributed by atoms with Gasteiger partial charge in [0.05, 0.1) is 30.7 Å². The van der Waals surface area contributed by atoms with Gasteiger partial charge in [-0.05, 0) is 42.5 Å². The first-order valence-corrected chi connectivity index (χ1v) is 7.49. The molecule has 2 N–H and O–H groups in total. The highest BCUT2D eigenvalue weighted by atomic mass is 32.1. The number of pyridine rings is 1. The maximum Gasteiger partial charge on any atom is 0.335 e. The van der Waals surface area contributed by atoms with E-state index in [1.165, 1.54) is 37.0 Å². The van der Waals surface area contributed by atoms with E-state index < -0.39 is 11.5 Å². The number of nitrogens with zero attached hydrogens (tertiary/aromatic N) is 2. The molecule has 0 aliphatic carbocycles. The molecule has 9 heteroatoms. The average molecular weight is 359 g/mol. The molecule has 2 heterocycles. The van der Waals surface area contributed by atoms with E-state index in [2.05, 4.69) is 9.97 Å². The number of carboxylic acids is 1. The van der Waals surface area contributed by atoms with Crippen molar-refractivity contribution in [2.75, 3.05) is 14.2 Å². The van der Waals surface area contributed by atoms with Crippen LogP contribution in [0.2, 0.25) is 0 Å². The zero-order valence-electron chi connectivity index (χ0n) is 13.3. The third-order valence-corrected chi connectivity index (χ3v) is 3.88. The summed E-state index contributed by atoms with van der Waals surface area (Å²) in [5.41, 5.74) is -0.0263. The van der Waals surface area contributed by atoms with Gasteiger partial charge in [0.2, 0.25) is 0 Å². The average Bonchev–Trinajstić information content (AvgIpc) is 2.60. The summed E-state index contributed by atoms with van der Waals surface area (Å²) < 4.78 is 11.6. The lowest BCUT2D eigenvalue weighted by atomic mass is 10.1. The molecule has 0 radical (unpaired) electrons. The molecule has 1 aromatic carbocycles. The Morgan fingerprint density at radius 3 is 2.64 bits per heavy atom. The molecule has 0 atom stereocenters. The lowest BCUT2D eigenvalue weighted by Gasteiger charge is -2.11. The Hall–Kier alpha value is -3.20. The highest BCUT2D eigenvalue weighted by Crippen LogP contribution is 2.25. The van der Waals surface area contributed by atoms with Crippen LogP contribution in [0.3, 0.4) is 0 Å². The van der Waals surface area contributed by atoms with Gasteiger partial charge in [0.15, 0.2) is 10.5 Å². The van der Waals surface area contributed by atoms with Gasteiger partial charge < -0.3 is 19.6 Å². The Kier molecular flexibility index (Phi) is 4.24. The predicted octanol–water partition coefficient (Wildman–Crippen LogP) is 2.16. The molecule has 0 unspecified atom stereocenters. The molecule has 128 valence electrons. The molecule has 8 nitrogen and oxygen atoms in total. The minimum atomic E-state index is -1.09. The summed E-state index contributed by atoms with van der Waals surface area (Å²) in [5.74, 6) is -0.205. The second kappa shape index (κ2) is 6.36. The number of hydrogen-bond donors (Lipinski definition) is 2.